The Morgan fingerprint density at radius 2 is 1.48 bits per heavy atom. The maximum atomic E-state index is 4.85. The van der Waals surface area contributed by atoms with E-state index >= 15 is 0 Å². The maximum absolute atomic E-state index is 4.85. The molecular weight excluding hydrogens is 757 g/mol. The Morgan fingerprint density at radius 1 is 0.875 bits per heavy atom. The summed E-state index contributed by atoms with van der Waals surface area (Å²) in [6, 6.07) is 28.1. The van der Waals surface area contributed by atoms with Crippen LogP contribution < -0.4 is 0 Å². The molecule has 0 spiro atoms. The van der Waals surface area contributed by atoms with Crippen LogP contribution in [0.2, 0.25) is 0 Å². The van der Waals surface area contributed by atoms with Crippen molar-refractivity contribution in [2.75, 3.05) is 0 Å². The molecule has 1 saturated heterocycles. The molecule has 48 heavy (non-hydrogen) atoms. The molecule has 1 aliphatic carbocycles. The van der Waals surface area contributed by atoms with Crippen molar-refractivity contribution < 1.29 is 15.1 Å². The quantitative estimate of drug-likeness (QED) is 0.116. The summed E-state index contributed by atoms with van der Waals surface area (Å²) >= 11 is 3.30. The molecule has 4 aromatic rings. The van der Waals surface area contributed by atoms with Gasteiger partial charge in [-0.1, -0.05) is 87.0 Å². The van der Waals surface area contributed by atoms with Crippen molar-refractivity contribution in [1.29, 1.82) is 0 Å². The molecule has 2 unspecified atom stereocenters. The van der Waals surface area contributed by atoms with Crippen LogP contribution in [0.1, 0.15) is 86.7 Å². The second-order valence-electron chi connectivity index (χ2n) is 13.4. The molecule has 0 bridgehead atoms. The van der Waals surface area contributed by atoms with Crippen LogP contribution in [-0.2, 0) is 40.2 Å². The van der Waals surface area contributed by atoms with E-state index in [0.29, 0.717) is 5.92 Å². The second kappa shape index (κ2) is 19.0. The van der Waals surface area contributed by atoms with Gasteiger partial charge in [-0.2, -0.15) is 18.6 Å². The average Bonchev–Trinajstić information content (AvgIpc) is 3.84. The minimum absolute atomic E-state index is 0.107. The molecule has 2 nitrogen and oxygen atoms in total. The number of hydrogen-bond acceptors (Lipinski definition) is 4. The Morgan fingerprint density at radius 3 is 2.02 bits per heavy atom. The van der Waals surface area contributed by atoms with Crippen molar-refractivity contribution in [2.24, 2.45) is 5.92 Å². The van der Waals surface area contributed by atoms with E-state index in [1.54, 1.807) is 5.70 Å². The molecule has 0 N–H and O–H groups in total. The summed E-state index contributed by atoms with van der Waals surface area (Å²) in [7, 11) is 9.71. The second-order valence-corrected chi connectivity index (χ2v) is 18.1. The van der Waals surface area contributed by atoms with E-state index in [9.17, 15) is 0 Å². The summed E-state index contributed by atoms with van der Waals surface area (Å²) in [5.41, 5.74) is 7.22. The fourth-order valence-corrected chi connectivity index (χ4v) is 8.58. The third-order valence-electron chi connectivity index (χ3n) is 9.32. The molecule has 3 heterocycles. The molecule has 2 aliphatic rings. The third-order valence-corrected chi connectivity index (χ3v) is 11.0. The van der Waals surface area contributed by atoms with Gasteiger partial charge in [0.2, 0.25) is 0 Å². The number of allylic oxidation sites excluding steroid dienone is 4. The van der Waals surface area contributed by atoms with E-state index < -0.39 is 0 Å². The summed E-state index contributed by atoms with van der Waals surface area (Å²) in [5, 5.41) is 4.29. The van der Waals surface area contributed by atoms with Crippen molar-refractivity contribution in [1.82, 2.24) is 9.80 Å². The zero-order chi connectivity index (χ0) is 34.6. The standard InChI is InChI=1S/C23H32N.C18H18NS2.2ClH.Ru/c1-6-18-12-11-13-19(7-2)21(18)24-17-23(5,16-22(24,3)4)20-14-9-8-10-15-20;1-15-6-2-3-7-16(15)12-19(13-17-8-4-10-20-17)14-18-9-5-11-21-18;;;/h8-12,14-15,17,19H,6-7,13,16H2,1-5H3;2-11H,1,12-14H2;2*1H;/q2*-1;;;+2/p-2. The van der Waals surface area contributed by atoms with Crippen molar-refractivity contribution in [3.63, 3.8) is 0 Å². The van der Waals surface area contributed by atoms with E-state index in [1.165, 1.54) is 39.3 Å². The zero-order valence-corrected chi connectivity index (χ0v) is 33.8. The first-order valence-electron chi connectivity index (χ1n) is 16.8. The zero-order valence-electron chi connectivity index (χ0n) is 28.9. The van der Waals surface area contributed by atoms with Crippen LogP contribution in [0.4, 0.5) is 0 Å². The monoisotopic (exact) mass is 806 g/mol. The Hall–Kier alpha value is -1.85. The van der Waals surface area contributed by atoms with Crippen LogP contribution in [0, 0.1) is 19.4 Å². The van der Waals surface area contributed by atoms with Crippen molar-refractivity contribution in [3.8, 4) is 0 Å². The summed E-state index contributed by atoms with van der Waals surface area (Å²) in [4.78, 5) is 7.94. The topological polar surface area (TPSA) is 6.48 Å². The Balaban J connectivity index is 0.000000202. The van der Waals surface area contributed by atoms with Gasteiger partial charge in [0.25, 0.3) is 0 Å². The van der Waals surface area contributed by atoms with Crippen LogP contribution >= 0.6 is 42.1 Å². The SMILES string of the molecule is CCC1=C(N2[CH-]C(C)(c3ccccc3)CC2(C)C)C(CC)CC=C1.[CH2-]c1ccccc1CN(Cc1cccs1)Cc1cccs1.[Cl][Ru][Cl]. The van der Waals surface area contributed by atoms with Crippen molar-refractivity contribution in [3.05, 3.63) is 153 Å². The fourth-order valence-electron chi connectivity index (χ4n) is 7.09. The van der Waals surface area contributed by atoms with E-state index in [4.69, 9.17) is 19.4 Å². The van der Waals surface area contributed by atoms with E-state index in [2.05, 4.69) is 160 Å². The van der Waals surface area contributed by atoms with Crippen LogP contribution in [0.5, 0.6) is 0 Å². The van der Waals surface area contributed by atoms with E-state index in [0.717, 1.165) is 38.0 Å². The Labute approximate surface area is 314 Å². The van der Waals surface area contributed by atoms with Gasteiger partial charge in [-0.15, -0.1) is 45.8 Å². The van der Waals surface area contributed by atoms with Gasteiger partial charge in [0.1, 0.15) is 0 Å². The molecule has 0 radical (unpaired) electrons. The van der Waals surface area contributed by atoms with E-state index in [-0.39, 0.29) is 26.1 Å². The number of thiophene rings is 2. The molecule has 260 valence electrons. The molecule has 2 aromatic carbocycles. The summed E-state index contributed by atoms with van der Waals surface area (Å²) in [5.74, 6) is 0.651. The Kier molecular flexibility index (Phi) is 15.4. The van der Waals surface area contributed by atoms with Crippen LogP contribution in [0.25, 0.3) is 0 Å². The fraction of sp³-hybridized carbons (Fsp3) is 0.366. The number of hydrogen-bond donors (Lipinski definition) is 0. The molecular formula is C41H50Cl2N2RuS2-2. The molecule has 2 atom stereocenters. The van der Waals surface area contributed by atoms with Gasteiger partial charge in [-0.25, -0.2) is 6.54 Å². The summed E-state index contributed by atoms with van der Waals surface area (Å²) in [6.45, 7) is 21.4. The van der Waals surface area contributed by atoms with Gasteiger partial charge in [0.15, 0.2) is 0 Å². The van der Waals surface area contributed by atoms with Gasteiger partial charge in [-0.05, 0) is 86.2 Å². The van der Waals surface area contributed by atoms with Crippen LogP contribution in [0.3, 0.4) is 0 Å². The molecule has 0 amide bonds. The molecule has 1 aliphatic heterocycles. The third kappa shape index (κ3) is 10.6. The summed E-state index contributed by atoms with van der Waals surface area (Å²) in [6.07, 6.45) is 9.40. The number of benzene rings is 2. The van der Waals surface area contributed by atoms with Gasteiger partial charge in [0.05, 0.1) is 0 Å². The number of halogens is 2. The van der Waals surface area contributed by atoms with Gasteiger partial charge in [0, 0.05) is 28.4 Å². The van der Waals surface area contributed by atoms with Crippen molar-refractivity contribution >= 4 is 42.1 Å². The van der Waals surface area contributed by atoms with Gasteiger partial charge >= 0.3 is 34.5 Å². The number of nitrogens with zero attached hydrogens (tertiary/aromatic N) is 2. The number of likely N-dealkylation sites (tertiary alicyclic amines) is 1. The Bertz CT molecular complexity index is 1530. The number of rotatable bonds is 10. The molecule has 2 aromatic heterocycles. The summed E-state index contributed by atoms with van der Waals surface area (Å²) < 4.78 is 0. The molecule has 0 saturated carbocycles. The molecule has 6 rings (SSSR count). The van der Waals surface area contributed by atoms with Gasteiger partial charge in [-0.3, -0.25) is 0 Å². The van der Waals surface area contributed by atoms with Crippen molar-refractivity contribution in [2.45, 2.75) is 90.9 Å². The van der Waals surface area contributed by atoms with Crippen LogP contribution in [-0.4, -0.2) is 15.3 Å². The molecule has 7 heteroatoms. The first-order valence-corrected chi connectivity index (χ1v) is 23.0. The average molecular weight is 807 g/mol. The normalized spacial score (nSPS) is 20.0. The van der Waals surface area contributed by atoms with E-state index in [1.807, 2.05) is 22.7 Å². The predicted molar refractivity (Wildman–Crippen MR) is 208 cm³/mol. The first-order chi connectivity index (χ1) is 23.1. The van der Waals surface area contributed by atoms with Crippen LogP contribution in [0.15, 0.2) is 113 Å². The first kappa shape index (κ1) is 38.9. The minimum atomic E-state index is -0.346. The van der Waals surface area contributed by atoms with Gasteiger partial charge < -0.3 is 9.80 Å². The predicted octanol–water partition coefficient (Wildman–Crippen LogP) is 12.8. The molecule has 1 fully saturated rings.